The number of aliphatic hydroxyl groups excluding tert-OH is 1. The first kappa shape index (κ1) is 13.4. The van der Waals surface area contributed by atoms with Gasteiger partial charge < -0.3 is 10.4 Å². The van der Waals surface area contributed by atoms with Crippen LogP contribution in [0, 0.1) is 5.82 Å². The lowest BCUT2D eigenvalue weighted by Crippen LogP contribution is -2.16. The number of benzene rings is 1. The lowest BCUT2D eigenvalue weighted by molar-refractivity contribution is 0.181. The van der Waals surface area contributed by atoms with E-state index in [1.165, 1.54) is 6.07 Å². The molecule has 0 aliphatic rings. The summed E-state index contributed by atoms with van der Waals surface area (Å²) in [6.07, 6.45) is 1.44. The summed E-state index contributed by atoms with van der Waals surface area (Å²) in [5, 5.41) is 12.4. The summed E-state index contributed by atoms with van der Waals surface area (Å²) in [6.45, 7) is 3.21. The molecule has 0 spiro atoms. The molecule has 0 aliphatic carbocycles. The highest BCUT2D eigenvalue weighted by molar-refractivity contribution is 6.30. The molecule has 4 heteroatoms. The second-order valence-corrected chi connectivity index (χ2v) is 4.32. The monoisotopic (exact) mass is 245 g/mol. The van der Waals surface area contributed by atoms with E-state index < -0.39 is 0 Å². The minimum Gasteiger partial charge on any atom is -0.393 e. The normalized spacial score (nSPS) is 12.8. The van der Waals surface area contributed by atoms with Gasteiger partial charge in [0.25, 0.3) is 0 Å². The van der Waals surface area contributed by atoms with Gasteiger partial charge in [-0.1, -0.05) is 17.7 Å². The predicted molar refractivity (Wildman–Crippen MR) is 64.0 cm³/mol. The van der Waals surface area contributed by atoms with Crippen LogP contribution in [-0.4, -0.2) is 17.8 Å². The highest BCUT2D eigenvalue weighted by Gasteiger charge is 2.00. The Hall–Kier alpha value is -0.640. The van der Waals surface area contributed by atoms with E-state index >= 15 is 0 Å². The van der Waals surface area contributed by atoms with Gasteiger partial charge >= 0.3 is 0 Å². The van der Waals surface area contributed by atoms with Crippen LogP contribution < -0.4 is 5.32 Å². The molecule has 0 aliphatic heterocycles. The molecule has 0 bridgehead atoms. The minimum atomic E-state index is -0.384. The molecule has 2 nitrogen and oxygen atoms in total. The lowest BCUT2D eigenvalue weighted by Gasteiger charge is -2.06. The molecule has 0 heterocycles. The van der Waals surface area contributed by atoms with E-state index in [2.05, 4.69) is 5.32 Å². The molecule has 0 radical (unpaired) electrons. The van der Waals surface area contributed by atoms with Crippen molar-refractivity contribution in [1.82, 2.24) is 5.32 Å². The van der Waals surface area contributed by atoms with E-state index in [-0.39, 0.29) is 16.9 Å². The van der Waals surface area contributed by atoms with Crippen LogP contribution in [0.1, 0.15) is 25.3 Å². The van der Waals surface area contributed by atoms with E-state index in [0.29, 0.717) is 6.54 Å². The van der Waals surface area contributed by atoms with Crippen molar-refractivity contribution in [2.75, 3.05) is 6.54 Å². The zero-order valence-electron chi connectivity index (χ0n) is 9.34. The highest BCUT2D eigenvalue weighted by Crippen LogP contribution is 2.15. The van der Waals surface area contributed by atoms with Gasteiger partial charge in [0.1, 0.15) is 5.82 Å². The van der Waals surface area contributed by atoms with E-state index in [1.54, 1.807) is 19.1 Å². The van der Waals surface area contributed by atoms with Gasteiger partial charge in [-0.2, -0.15) is 0 Å². The van der Waals surface area contributed by atoms with Crippen LogP contribution in [0.5, 0.6) is 0 Å². The molecule has 16 heavy (non-hydrogen) atoms. The number of hydrogen-bond donors (Lipinski definition) is 2. The maximum absolute atomic E-state index is 13.1. The molecule has 1 aromatic carbocycles. The quantitative estimate of drug-likeness (QED) is 0.756. The summed E-state index contributed by atoms with van der Waals surface area (Å²) in [6, 6.07) is 4.79. The van der Waals surface area contributed by atoms with Gasteiger partial charge in [-0.3, -0.25) is 0 Å². The van der Waals surface area contributed by atoms with Crippen molar-refractivity contribution in [3.63, 3.8) is 0 Å². The average molecular weight is 246 g/mol. The van der Waals surface area contributed by atoms with Crippen molar-refractivity contribution in [2.24, 2.45) is 0 Å². The summed E-state index contributed by atoms with van der Waals surface area (Å²) < 4.78 is 13.1. The van der Waals surface area contributed by atoms with Gasteiger partial charge in [-0.15, -0.1) is 0 Å². The van der Waals surface area contributed by atoms with Crippen molar-refractivity contribution in [3.8, 4) is 0 Å². The van der Waals surface area contributed by atoms with Crippen LogP contribution in [0.2, 0.25) is 5.02 Å². The second-order valence-electron chi connectivity index (χ2n) is 3.92. The molecule has 2 N–H and O–H groups in total. The largest absolute Gasteiger partial charge is 0.393 e. The summed E-state index contributed by atoms with van der Waals surface area (Å²) in [5.41, 5.74) is 0.874. The van der Waals surface area contributed by atoms with Crippen molar-refractivity contribution in [3.05, 3.63) is 34.6 Å². The molecule has 0 saturated carbocycles. The van der Waals surface area contributed by atoms with Gasteiger partial charge in [-0.25, -0.2) is 4.39 Å². The Morgan fingerprint density at radius 1 is 1.50 bits per heavy atom. The fourth-order valence-electron chi connectivity index (χ4n) is 1.40. The van der Waals surface area contributed by atoms with Crippen LogP contribution in [0.15, 0.2) is 18.2 Å². The van der Waals surface area contributed by atoms with Crippen molar-refractivity contribution < 1.29 is 9.50 Å². The number of aliphatic hydroxyl groups is 1. The number of halogens is 2. The predicted octanol–water partition coefficient (Wildman–Crippen LogP) is 2.73. The molecule has 1 atom stereocenters. The Kier molecular flexibility index (Phi) is 5.74. The van der Waals surface area contributed by atoms with Crippen LogP contribution in [0.25, 0.3) is 0 Å². The first-order valence-corrected chi connectivity index (χ1v) is 5.80. The number of hydrogen-bond acceptors (Lipinski definition) is 2. The smallest absolute Gasteiger partial charge is 0.142 e. The van der Waals surface area contributed by atoms with E-state index in [1.807, 2.05) is 0 Å². The van der Waals surface area contributed by atoms with E-state index in [0.717, 1.165) is 24.9 Å². The number of nitrogens with one attached hydrogen (secondary N) is 1. The molecular formula is C12H17ClFNO. The molecule has 0 saturated heterocycles. The van der Waals surface area contributed by atoms with Gasteiger partial charge in [0.2, 0.25) is 0 Å². The SMILES string of the molecule is CC(O)CCCNCc1ccc(Cl)c(F)c1. The topological polar surface area (TPSA) is 32.3 Å². The highest BCUT2D eigenvalue weighted by atomic mass is 35.5. The zero-order valence-corrected chi connectivity index (χ0v) is 10.1. The Morgan fingerprint density at radius 3 is 2.88 bits per heavy atom. The third-order valence-electron chi connectivity index (χ3n) is 2.29. The maximum Gasteiger partial charge on any atom is 0.142 e. The van der Waals surface area contributed by atoms with Crippen molar-refractivity contribution >= 4 is 11.6 Å². The van der Waals surface area contributed by atoms with E-state index in [9.17, 15) is 4.39 Å². The molecule has 0 fully saturated rings. The van der Waals surface area contributed by atoms with Gasteiger partial charge in [0.05, 0.1) is 11.1 Å². The van der Waals surface area contributed by atoms with Gasteiger partial charge in [0, 0.05) is 6.54 Å². The molecule has 90 valence electrons. The average Bonchev–Trinajstić information content (AvgIpc) is 2.22. The molecular weight excluding hydrogens is 229 g/mol. The second kappa shape index (κ2) is 6.84. The molecule has 1 unspecified atom stereocenters. The molecule has 1 aromatic rings. The summed E-state index contributed by atoms with van der Waals surface area (Å²) >= 11 is 5.58. The standard InChI is InChI=1S/C12H17ClFNO/c1-9(16)3-2-6-15-8-10-4-5-11(13)12(14)7-10/h4-5,7,9,15-16H,2-3,6,8H2,1H3. The summed E-state index contributed by atoms with van der Waals surface area (Å²) in [7, 11) is 0. The third-order valence-corrected chi connectivity index (χ3v) is 2.60. The Balaban J connectivity index is 2.24. The third kappa shape index (κ3) is 4.92. The van der Waals surface area contributed by atoms with Gasteiger partial charge in [-0.05, 0) is 44.0 Å². The van der Waals surface area contributed by atoms with Crippen LogP contribution in [0.4, 0.5) is 4.39 Å². The zero-order chi connectivity index (χ0) is 12.0. The summed E-state index contributed by atoms with van der Waals surface area (Å²) in [4.78, 5) is 0. The first-order chi connectivity index (χ1) is 7.59. The molecule has 0 aromatic heterocycles. The fraction of sp³-hybridized carbons (Fsp3) is 0.500. The van der Waals surface area contributed by atoms with Crippen molar-refractivity contribution in [1.29, 1.82) is 0 Å². The summed E-state index contributed by atoms with van der Waals surface area (Å²) in [5.74, 6) is -0.384. The Labute approximate surface area is 100 Å². The first-order valence-electron chi connectivity index (χ1n) is 5.42. The maximum atomic E-state index is 13.1. The fourth-order valence-corrected chi connectivity index (χ4v) is 1.52. The van der Waals surface area contributed by atoms with E-state index in [4.69, 9.17) is 16.7 Å². The van der Waals surface area contributed by atoms with Crippen molar-refractivity contribution in [2.45, 2.75) is 32.4 Å². The Bertz CT molecular complexity index is 331. The Morgan fingerprint density at radius 2 is 2.25 bits per heavy atom. The van der Waals surface area contributed by atoms with Crippen LogP contribution in [0.3, 0.4) is 0 Å². The molecule has 0 amide bonds. The van der Waals surface area contributed by atoms with Gasteiger partial charge in [0.15, 0.2) is 0 Å². The minimum absolute atomic E-state index is 0.151. The lowest BCUT2D eigenvalue weighted by atomic mass is 10.2. The van der Waals surface area contributed by atoms with Crippen LogP contribution >= 0.6 is 11.6 Å². The van der Waals surface area contributed by atoms with Crippen LogP contribution in [-0.2, 0) is 6.54 Å². The number of rotatable bonds is 6. The molecule has 1 rings (SSSR count).